The molecule has 0 fully saturated rings. The molecule has 0 aliphatic rings. The number of nitrogens with one attached hydrogen (secondary N) is 1. The van der Waals surface area contributed by atoms with Gasteiger partial charge in [0.05, 0.1) is 6.33 Å². The Bertz CT molecular complexity index is 655. The molecule has 0 saturated carbocycles. The van der Waals surface area contributed by atoms with Crippen LogP contribution in [0, 0.1) is 0 Å². The van der Waals surface area contributed by atoms with Gasteiger partial charge in [-0.2, -0.15) is 8.42 Å². The zero-order valence-corrected chi connectivity index (χ0v) is 11.6. The number of aromatic nitrogens is 2. The number of nitrogens with two attached hydrogens (primary N) is 1. The van der Waals surface area contributed by atoms with Crippen molar-refractivity contribution < 1.29 is 8.42 Å². The number of aryl methyl sites for hydroxylation is 2. The summed E-state index contributed by atoms with van der Waals surface area (Å²) in [7, 11) is -2.14. The molecule has 1 heterocycles. The second-order valence-electron chi connectivity index (χ2n) is 4.20. The van der Waals surface area contributed by atoms with Crippen LogP contribution in [-0.4, -0.2) is 18.0 Å². The number of rotatable bonds is 4. The minimum atomic E-state index is -3.73. The van der Waals surface area contributed by atoms with Crippen LogP contribution in [0.15, 0.2) is 35.6 Å². The van der Waals surface area contributed by atoms with Crippen molar-refractivity contribution in [3.05, 3.63) is 36.2 Å². The highest BCUT2D eigenvalue weighted by Crippen LogP contribution is 2.20. The van der Waals surface area contributed by atoms with Crippen molar-refractivity contribution in [2.75, 3.05) is 10.5 Å². The van der Waals surface area contributed by atoms with Crippen LogP contribution in [0.5, 0.6) is 0 Å². The topological polar surface area (TPSA) is 90.0 Å². The number of anilines is 2. The predicted molar refractivity (Wildman–Crippen MR) is 74.2 cm³/mol. The molecule has 0 spiro atoms. The average molecular weight is 280 g/mol. The molecule has 0 unspecified atom stereocenters. The first-order chi connectivity index (χ1) is 8.94. The summed E-state index contributed by atoms with van der Waals surface area (Å²) in [6.07, 6.45) is 2.27. The Morgan fingerprint density at radius 1 is 1.32 bits per heavy atom. The van der Waals surface area contributed by atoms with E-state index in [1.54, 1.807) is 19.2 Å². The van der Waals surface area contributed by atoms with Gasteiger partial charge in [0.25, 0.3) is 10.0 Å². The third kappa shape index (κ3) is 2.70. The Hall–Kier alpha value is -2.02. The maximum atomic E-state index is 12.2. The van der Waals surface area contributed by atoms with Crippen molar-refractivity contribution in [1.82, 2.24) is 9.55 Å². The molecular weight excluding hydrogens is 264 g/mol. The summed E-state index contributed by atoms with van der Waals surface area (Å²) in [5, 5.41) is -0.0351. The Morgan fingerprint density at radius 2 is 1.95 bits per heavy atom. The van der Waals surface area contributed by atoms with E-state index in [1.165, 1.54) is 10.9 Å². The van der Waals surface area contributed by atoms with Crippen molar-refractivity contribution in [2.24, 2.45) is 7.05 Å². The Morgan fingerprint density at radius 3 is 2.42 bits per heavy atom. The largest absolute Gasteiger partial charge is 0.381 e. The first-order valence-corrected chi connectivity index (χ1v) is 7.31. The summed E-state index contributed by atoms with van der Waals surface area (Å²) < 4.78 is 28.3. The Kier molecular flexibility index (Phi) is 3.48. The molecule has 0 saturated heterocycles. The van der Waals surface area contributed by atoms with Crippen LogP contribution in [0.1, 0.15) is 12.5 Å². The minimum absolute atomic E-state index is 0.0137. The van der Waals surface area contributed by atoms with Crippen LogP contribution >= 0.6 is 0 Å². The van der Waals surface area contributed by atoms with E-state index in [4.69, 9.17) is 5.73 Å². The van der Waals surface area contributed by atoms with Crippen molar-refractivity contribution >= 4 is 21.5 Å². The van der Waals surface area contributed by atoms with Gasteiger partial charge in [-0.15, -0.1) is 0 Å². The molecule has 0 radical (unpaired) electrons. The fourth-order valence-electron chi connectivity index (χ4n) is 1.78. The fraction of sp³-hybridized carbons (Fsp3) is 0.250. The number of benzene rings is 1. The highest BCUT2D eigenvalue weighted by atomic mass is 32.2. The molecule has 3 N–H and O–H groups in total. The highest BCUT2D eigenvalue weighted by Gasteiger charge is 2.22. The van der Waals surface area contributed by atoms with E-state index in [0.717, 1.165) is 12.0 Å². The second kappa shape index (κ2) is 4.93. The predicted octanol–water partition coefficient (Wildman–Crippen LogP) is 1.37. The fourth-order valence-corrected chi connectivity index (χ4v) is 3.07. The lowest BCUT2D eigenvalue weighted by Crippen LogP contribution is -2.17. The molecule has 0 bridgehead atoms. The molecule has 0 aliphatic heterocycles. The van der Waals surface area contributed by atoms with Gasteiger partial charge in [0.2, 0.25) is 0 Å². The maximum Gasteiger partial charge on any atom is 0.281 e. The van der Waals surface area contributed by atoms with E-state index in [1.807, 2.05) is 19.1 Å². The first kappa shape index (κ1) is 13.4. The van der Waals surface area contributed by atoms with Crippen LogP contribution in [0.4, 0.5) is 11.5 Å². The molecule has 102 valence electrons. The molecule has 1 aromatic carbocycles. The number of hydrogen-bond donors (Lipinski definition) is 2. The van der Waals surface area contributed by atoms with Crippen LogP contribution in [0.3, 0.4) is 0 Å². The summed E-state index contributed by atoms with van der Waals surface area (Å²) in [5.74, 6) is -0.0137. The molecule has 2 rings (SSSR count). The van der Waals surface area contributed by atoms with Crippen LogP contribution < -0.4 is 10.5 Å². The van der Waals surface area contributed by atoms with Gasteiger partial charge in [0.1, 0.15) is 0 Å². The first-order valence-electron chi connectivity index (χ1n) is 5.82. The van der Waals surface area contributed by atoms with E-state index in [0.29, 0.717) is 5.69 Å². The molecule has 19 heavy (non-hydrogen) atoms. The standard InChI is InChI=1S/C12H16N4O2S/c1-3-9-4-6-10(7-5-9)15-19(17,18)12-11(13)14-8-16(12)2/h4-8,15H,3,13H2,1-2H3. The normalized spacial score (nSPS) is 11.5. The molecule has 0 atom stereocenters. The number of nitrogens with zero attached hydrogens (tertiary/aromatic N) is 2. The van der Waals surface area contributed by atoms with Gasteiger partial charge in [0, 0.05) is 12.7 Å². The van der Waals surface area contributed by atoms with Crippen molar-refractivity contribution in [1.29, 1.82) is 0 Å². The van der Waals surface area contributed by atoms with E-state index in [2.05, 4.69) is 9.71 Å². The van der Waals surface area contributed by atoms with Crippen molar-refractivity contribution in [3.8, 4) is 0 Å². The van der Waals surface area contributed by atoms with Gasteiger partial charge < -0.3 is 10.3 Å². The molecule has 1 aromatic heterocycles. The molecule has 2 aromatic rings. The van der Waals surface area contributed by atoms with Crippen molar-refractivity contribution in [2.45, 2.75) is 18.4 Å². The molecular formula is C12H16N4O2S. The summed E-state index contributed by atoms with van der Waals surface area (Å²) in [4.78, 5) is 3.77. The van der Waals surface area contributed by atoms with Crippen LogP contribution in [-0.2, 0) is 23.5 Å². The summed E-state index contributed by atoms with van der Waals surface area (Å²) >= 11 is 0. The van der Waals surface area contributed by atoms with Gasteiger partial charge in [0.15, 0.2) is 10.8 Å². The van der Waals surface area contributed by atoms with Gasteiger partial charge in [-0.05, 0) is 24.1 Å². The molecule has 6 nitrogen and oxygen atoms in total. The lowest BCUT2D eigenvalue weighted by atomic mass is 10.2. The number of hydrogen-bond acceptors (Lipinski definition) is 4. The quantitative estimate of drug-likeness (QED) is 0.885. The van der Waals surface area contributed by atoms with Gasteiger partial charge >= 0.3 is 0 Å². The summed E-state index contributed by atoms with van der Waals surface area (Å²) in [5.41, 5.74) is 7.22. The maximum absolute atomic E-state index is 12.2. The van der Waals surface area contributed by atoms with E-state index in [-0.39, 0.29) is 10.8 Å². The van der Waals surface area contributed by atoms with Crippen molar-refractivity contribution in [3.63, 3.8) is 0 Å². The Balaban J connectivity index is 2.31. The average Bonchev–Trinajstić information content (AvgIpc) is 2.70. The van der Waals surface area contributed by atoms with Gasteiger partial charge in [-0.3, -0.25) is 4.72 Å². The molecule has 0 aliphatic carbocycles. The SMILES string of the molecule is CCc1ccc(NS(=O)(=O)c2c(N)ncn2C)cc1. The third-order valence-corrected chi connectivity index (χ3v) is 4.29. The van der Waals surface area contributed by atoms with E-state index < -0.39 is 10.0 Å². The van der Waals surface area contributed by atoms with Gasteiger partial charge in [-0.25, -0.2) is 4.98 Å². The van der Waals surface area contributed by atoms with Gasteiger partial charge in [-0.1, -0.05) is 19.1 Å². The summed E-state index contributed by atoms with van der Waals surface area (Å²) in [6, 6.07) is 7.21. The van der Waals surface area contributed by atoms with E-state index in [9.17, 15) is 8.42 Å². The number of nitrogen functional groups attached to an aromatic ring is 1. The zero-order valence-electron chi connectivity index (χ0n) is 10.8. The smallest absolute Gasteiger partial charge is 0.281 e. The number of sulfonamides is 1. The zero-order chi connectivity index (χ0) is 14.0. The van der Waals surface area contributed by atoms with E-state index >= 15 is 0 Å². The molecule has 0 amide bonds. The highest BCUT2D eigenvalue weighted by molar-refractivity contribution is 7.92. The summed E-state index contributed by atoms with van der Waals surface area (Å²) in [6.45, 7) is 2.04. The second-order valence-corrected chi connectivity index (χ2v) is 5.80. The monoisotopic (exact) mass is 280 g/mol. The lowest BCUT2D eigenvalue weighted by molar-refractivity contribution is 0.592. The Labute approximate surface area is 112 Å². The lowest BCUT2D eigenvalue weighted by Gasteiger charge is -2.09. The third-order valence-electron chi connectivity index (χ3n) is 2.78. The molecule has 7 heteroatoms. The van der Waals surface area contributed by atoms with Crippen LogP contribution in [0.2, 0.25) is 0 Å². The number of imidazole rings is 1. The van der Waals surface area contributed by atoms with Crippen LogP contribution in [0.25, 0.3) is 0 Å². The minimum Gasteiger partial charge on any atom is -0.381 e.